The molecule has 0 bridgehead atoms. The number of methoxy groups -OCH3 is 2. The molecule has 5 heteroatoms. The molecule has 3 aromatic rings. The van der Waals surface area contributed by atoms with Gasteiger partial charge < -0.3 is 14.0 Å². The van der Waals surface area contributed by atoms with Gasteiger partial charge in [0.2, 0.25) is 0 Å². The molecule has 0 amide bonds. The van der Waals surface area contributed by atoms with Crippen LogP contribution in [0, 0.1) is 6.57 Å². The standard InChI is InChI=1S/C20H18N2O3/c1-21-17(20(23)25-3)13-14-8-9-19-16(12-14)15-6-4-5-7-18(15)22(19)10-11-24-2/h4-9,12-13H,10-11H2,2-3H3/b17-13-. The number of ether oxygens (including phenoxy) is 2. The van der Waals surface area contributed by atoms with Crippen molar-refractivity contribution in [3.8, 4) is 0 Å². The van der Waals surface area contributed by atoms with Crippen LogP contribution in [-0.2, 0) is 20.8 Å². The zero-order valence-corrected chi connectivity index (χ0v) is 14.2. The number of benzene rings is 2. The van der Waals surface area contributed by atoms with Crippen LogP contribution in [-0.4, -0.2) is 31.4 Å². The highest BCUT2D eigenvalue weighted by Gasteiger charge is 2.12. The molecule has 0 saturated carbocycles. The number of carbonyl (C=O) groups is 1. The molecular weight excluding hydrogens is 316 g/mol. The normalized spacial score (nSPS) is 11.6. The summed E-state index contributed by atoms with van der Waals surface area (Å²) in [6.45, 7) is 8.53. The van der Waals surface area contributed by atoms with Gasteiger partial charge in [-0.3, -0.25) is 4.79 Å². The Hall–Kier alpha value is -3.10. The van der Waals surface area contributed by atoms with E-state index in [1.54, 1.807) is 13.2 Å². The summed E-state index contributed by atoms with van der Waals surface area (Å²) in [6, 6.07) is 14.1. The van der Waals surface area contributed by atoms with E-state index in [0.717, 1.165) is 33.9 Å². The van der Waals surface area contributed by atoms with E-state index in [2.05, 4.69) is 26.3 Å². The van der Waals surface area contributed by atoms with Crippen molar-refractivity contribution in [1.82, 2.24) is 4.57 Å². The van der Waals surface area contributed by atoms with Gasteiger partial charge in [-0.15, -0.1) is 0 Å². The Morgan fingerprint density at radius 1 is 1.16 bits per heavy atom. The molecule has 25 heavy (non-hydrogen) atoms. The molecule has 1 aromatic heterocycles. The van der Waals surface area contributed by atoms with Crippen molar-refractivity contribution in [3.63, 3.8) is 0 Å². The van der Waals surface area contributed by atoms with E-state index in [1.165, 1.54) is 7.11 Å². The minimum Gasteiger partial charge on any atom is -0.474 e. The van der Waals surface area contributed by atoms with Gasteiger partial charge in [0.1, 0.15) is 0 Å². The number of hydrogen-bond donors (Lipinski definition) is 0. The van der Waals surface area contributed by atoms with Gasteiger partial charge in [0.25, 0.3) is 5.70 Å². The highest BCUT2D eigenvalue weighted by Crippen LogP contribution is 2.30. The first kappa shape index (κ1) is 16.7. The first-order chi connectivity index (χ1) is 12.2. The third kappa shape index (κ3) is 3.12. The van der Waals surface area contributed by atoms with Crippen LogP contribution in [0.15, 0.2) is 48.2 Å². The molecule has 3 rings (SSSR count). The average molecular weight is 334 g/mol. The maximum Gasteiger partial charge on any atom is 0.336 e. The topological polar surface area (TPSA) is 44.8 Å². The van der Waals surface area contributed by atoms with Gasteiger partial charge in [-0.1, -0.05) is 24.3 Å². The van der Waals surface area contributed by atoms with Crippen LogP contribution in [0.3, 0.4) is 0 Å². The van der Waals surface area contributed by atoms with Gasteiger partial charge in [0.05, 0.1) is 20.3 Å². The fourth-order valence-electron chi connectivity index (χ4n) is 2.98. The van der Waals surface area contributed by atoms with Crippen molar-refractivity contribution in [2.24, 2.45) is 0 Å². The SMILES string of the molecule is [C-]#[N+]/C(=C\c1ccc2c(c1)c1ccccc1n2CCOC)C(=O)OC. The molecule has 0 saturated heterocycles. The van der Waals surface area contributed by atoms with E-state index in [4.69, 9.17) is 11.3 Å². The van der Waals surface area contributed by atoms with Crippen molar-refractivity contribution in [2.45, 2.75) is 6.54 Å². The quantitative estimate of drug-likeness (QED) is 0.404. The number of esters is 1. The second kappa shape index (κ2) is 7.20. The number of nitrogens with zero attached hydrogens (tertiary/aromatic N) is 2. The van der Waals surface area contributed by atoms with Crippen LogP contribution >= 0.6 is 0 Å². The molecular formula is C20H18N2O3. The van der Waals surface area contributed by atoms with Gasteiger partial charge in [-0.2, -0.15) is 0 Å². The van der Waals surface area contributed by atoms with Gasteiger partial charge >= 0.3 is 5.97 Å². The Labute approximate surface area is 145 Å². The maximum atomic E-state index is 11.6. The van der Waals surface area contributed by atoms with E-state index in [1.807, 2.05) is 30.3 Å². The van der Waals surface area contributed by atoms with Crippen molar-refractivity contribution in [3.05, 3.63) is 65.1 Å². The molecule has 0 spiro atoms. The lowest BCUT2D eigenvalue weighted by Crippen LogP contribution is -2.03. The van der Waals surface area contributed by atoms with Crippen LogP contribution in [0.4, 0.5) is 0 Å². The van der Waals surface area contributed by atoms with E-state index >= 15 is 0 Å². The smallest absolute Gasteiger partial charge is 0.336 e. The number of para-hydroxylation sites is 1. The molecule has 0 unspecified atom stereocenters. The Morgan fingerprint density at radius 2 is 1.92 bits per heavy atom. The Kier molecular flexibility index (Phi) is 4.82. The summed E-state index contributed by atoms with van der Waals surface area (Å²) in [6.07, 6.45) is 1.56. The van der Waals surface area contributed by atoms with Crippen LogP contribution in [0.25, 0.3) is 32.7 Å². The lowest BCUT2D eigenvalue weighted by molar-refractivity contribution is -0.135. The summed E-state index contributed by atoms with van der Waals surface area (Å²) in [5, 5.41) is 2.21. The fourth-order valence-corrected chi connectivity index (χ4v) is 2.98. The number of carbonyl (C=O) groups excluding carboxylic acids is 1. The van der Waals surface area contributed by atoms with Crippen LogP contribution in [0.1, 0.15) is 5.56 Å². The van der Waals surface area contributed by atoms with E-state index in [9.17, 15) is 4.79 Å². The third-order valence-corrected chi connectivity index (χ3v) is 4.13. The maximum absolute atomic E-state index is 11.6. The number of fused-ring (bicyclic) bond motifs is 3. The van der Waals surface area contributed by atoms with Crippen molar-refractivity contribution < 1.29 is 14.3 Å². The van der Waals surface area contributed by atoms with Gasteiger partial charge in [-0.05, 0) is 29.8 Å². The van der Waals surface area contributed by atoms with Gasteiger partial charge in [0, 0.05) is 35.5 Å². The highest BCUT2D eigenvalue weighted by molar-refractivity contribution is 6.09. The van der Waals surface area contributed by atoms with Crippen LogP contribution < -0.4 is 0 Å². The molecule has 0 aliphatic heterocycles. The average Bonchev–Trinajstić information content (AvgIpc) is 2.97. The van der Waals surface area contributed by atoms with Crippen molar-refractivity contribution in [2.75, 3.05) is 20.8 Å². The lowest BCUT2D eigenvalue weighted by atomic mass is 10.1. The molecule has 126 valence electrons. The van der Waals surface area contributed by atoms with E-state index in [-0.39, 0.29) is 5.70 Å². The minimum absolute atomic E-state index is 0.0371. The van der Waals surface area contributed by atoms with Gasteiger partial charge in [-0.25, -0.2) is 4.85 Å². The monoisotopic (exact) mass is 334 g/mol. The van der Waals surface area contributed by atoms with E-state index < -0.39 is 5.97 Å². The Morgan fingerprint density at radius 3 is 2.64 bits per heavy atom. The number of hydrogen-bond acceptors (Lipinski definition) is 3. The molecule has 0 atom stereocenters. The summed E-state index contributed by atoms with van der Waals surface area (Å²) in [5.74, 6) is -0.627. The molecule has 5 nitrogen and oxygen atoms in total. The van der Waals surface area contributed by atoms with Gasteiger partial charge in [0.15, 0.2) is 0 Å². The van der Waals surface area contributed by atoms with Crippen LogP contribution in [0.5, 0.6) is 0 Å². The fraction of sp³-hybridized carbons (Fsp3) is 0.200. The number of rotatable bonds is 5. The van der Waals surface area contributed by atoms with Crippen LogP contribution in [0.2, 0.25) is 0 Å². The zero-order valence-electron chi connectivity index (χ0n) is 14.2. The Bertz CT molecular complexity index is 1010. The molecule has 0 aliphatic rings. The molecule has 0 fully saturated rings. The Balaban J connectivity index is 2.18. The second-order valence-corrected chi connectivity index (χ2v) is 5.57. The zero-order chi connectivity index (χ0) is 17.8. The van der Waals surface area contributed by atoms with Crippen molar-refractivity contribution >= 4 is 33.9 Å². The summed E-state index contributed by atoms with van der Waals surface area (Å²) < 4.78 is 12.1. The summed E-state index contributed by atoms with van der Waals surface area (Å²) >= 11 is 0. The second-order valence-electron chi connectivity index (χ2n) is 5.57. The first-order valence-electron chi connectivity index (χ1n) is 7.87. The predicted molar refractivity (Wildman–Crippen MR) is 97.9 cm³/mol. The van der Waals surface area contributed by atoms with Crippen molar-refractivity contribution in [1.29, 1.82) is 0 Å². The molecule has 0 N–H and O–H groups in total. The first-order valence-corrected chi connectivity index (χ1v) is 7.87. The number of aromatic nitrogens is 1. The summed E-state index contributed by atoms with van der Waals surface area (Å²) in [5.41, 5.74) is 2.98. The molecule has 1 heterocycles. The minimum atomic E-state index is -0.627. The molecule has 0 radical (unpaired) electrons. The lowest BCUT2D eigenvalue weighted by Gasteiger charge is -2.06. The largest absolute Gasteiger partial charge is 0.474 e. The highest BCUT2D eigenvalue weighted by atomic mass is 16.5. The predicted octanol–water partition coefficient (Wildman–Crippen LogP) is 3.87. The van der Waals surface area contributed by atoms with E-state index in [0.29, 0.717) is 6.61 Å². The summed E-state index contributed by atoms with van der Waals surface area (Å²) in [4.78, 5) is 14.9. The third-order valence-electron chi connectivity index (χ3n) is 4.13. The summed E-state index contributed by atoms with van der Waals surface area (Å²) in [7, 11) is 2.96. The molecule has 2 aromatic carbocycles. The molecule has 0 aliphatic carbocycles.